The largest absolute Gasteiger partial charge is 0.341 e. The summed E-state index contributed by atoms with van der Waals surface area (Å²) in [5, 5.41) is 5.34. The standard InChI is InChI=1S/C13H20N2OS/c1-10-5-8-17-12(10)13(16)15(2)9-11-3-6-14-7-4-11/h5,8,11,14H,3-4,6-7,9H2,1-2H3. The molecule has 1 N–H and O–H groups in total. The van der Waals surface area contributed by atoms with Crippen molar-refractivity contribution in [2.45, 2.75) is 19.8 Å². The van der Waals surface area contributed by atoms with Crippen LogP contribution in [-0.4, -0.2) is 37.5 Å². The van der Waals surface area contributed by atoms with Crippen molar-refractivity contribution >= 4 is 17.2 Å². The predicted molar refractivity (Wildman–Crippen MR) is 71.6 cm³/mol. The number of hydrogen-bond donors (Lipinski definition) is 1. The van der Waals surface area contributed by atoms with Crippen LogP contribution in [0.1, 0.15) is 28.1 Å². The maximum Gasteiger partial charge on any atom is 0.263 e. The fourth-order valence-electron chi connectivity index (χ4n) is 2.30. The minimum atomic E-state index is 0.177. The van der Waals surface area contributed by atoms with Crippen LogP contribution in [0, 0.1) is 12.8 Å². The molecule has 0 aromatic carbocycles. The second kappa shape index (κ2) is 5.65. The maximum atomic E-state index is 12.2. The minimum Gasteiger partial charge on any atom is -0.341 e. The summed E-state index contributed by atoms with van der Waals surface area (Å²) in [6.07, 6.45) is 2.36. The first-order chi connectivity index (χ1) is 8.18. The molecule has 1 aromatic heterocycles. The van der Waals surface area contributed by atoms with Crippen molar-refractivity contribution in [3.63, 3.8) is 0 Å². The molecule has 0 saturated carbocycles. The Morgan fingerprint density at radius 2 is 2.24 bits per heavy atom. The van der Waals surface area contributed by atoms with Gasteiger partial charge in [-0.25, -0.2) is 0 Å². The van der Waals surface area contributed by atoms with E-state index < -0.39 is 0 Å². The van der Waals surface area contributed by atoms with Crippen molar-refractivity contribution in [1.29, 1.82) is 0 Å². The number of carbonyl (C=O) groups excluding carboxylic acids is 1. The lowest BCUT2D eigenvalue weighted by Gasteiger charge is -2.27. The highest BCUT2D eigenvalue weighted by molar-refractivity contribution is 7.12. The Bertz CT molecular complexity index is 383. The van der Waals surface area contributed by atoms with Gasteiger partial charge in [0.05, 0.1) is 4.88 Å². The summed E-state index contributed by atoms with van der Waals surface area (Å²) in [7, 11) is 1.92. The van der Waals surface area contributed by atoms with Crippen LogP contribution >= 0.6 is 11.3 Å². The first-order valence-electron chi connectivity index (χ1n) is 6.18. The molecule has 0 unspecified atom stereocenters. The molecule has 1 fully saturated rings. The summed E-state index contributed by atoms with van der Waals surface area (Å²) >= 11 is 1.54. The lowest BCUT2D eigenvalue weighted by molar-refractivity contribution is 0.0767. The van der Waals surface area contributed by atoms with E-state index in [1.54, 1.807) is 11.3 Å². The number of rotatable bonds is 3. The van der Waals surface area contributed by atoms with Crippen molar-refractivity contribution in [2.24, 2.45) is 5.92 Å². The molecule has 1 aromatic rings. The van der Waals surface area contributed by atoms with E-state index in [9.17, 15) is 4.79 Å². The highest BCUT2D eigenvalue weighted by Crippen LogP contribution is 2.19. The summed E-state index contributed by atoms with van der Waals surface area (Å²) in [6, 6.07) is 2.01. The molecule has 3 nitrogen and oxygen atoms in total. The normalized spacial score (nSPS) is 17.1. The second-order valence-corrected chi connectivity index (χ2v) is 5.73. The van der Waals surface area contributed by atoms with Gasteiger partial charge in [0.15, 0.2) is 0 Å². The van der Waals surface area contributed by atoms with Crippen LogP contribution in [-0.2, 0) is 0 Å². The topological polar surface area (TPSA) is 32.3 Å². The van der Waals surface area contributed by atoms with Crippen molar-refractivity contribution in [3.05, 3.63) is 21.9 Å². The van der Waals surface area contributed by atoms with E-state index in [0.717, 1.165) is 30.1 Å². The van der Waals surface area contributed by atoms with Gasteiger partial charge in [-0.15, -0.1) is 11.3 Å². The fraction of sp³-hybridized carbons (Fsp3) is 0.615. The number of nitrogens with zero attached hydrogens (tertiary/aromatic N) is 1. The van der Waals surface area contributed by atoms with Gasteiger partial charge < -0.3 is 10.2 Å². The van der Waals surface area contributed by atoms with E-state index in [1.807, 2.05) is 30.3 Å². The van der Waals surface area contributed by atoms with Gasteiger partial charge in [-0.05, 0) is 55.8 Å². The predicted octanol–water partition coefficient (Wildman–Crippen LogP) is 2.13. The molecule has 1 aliphatic rings. The van der Waals surface area contributed by atoms with E-state index in [0.29, 0.717) is 5.92 Å². The second-order valence-electron chi connectivity index (χ2n) is 4.81. The third kappa shape index (κ3) is 3.07. The number of carbonyl (C=O) groups is 1. The Kier molecular flexibility index (Phi) is 4.18. The summed E-state index contributed by atoms with van der Waals surface area (Å²) in [6.45, 7) is 5.06. The van der Waals surface area contributed by atoms with Gasteiger partial charge in [-0.2, -0.15) is 0 Å². The molecule has 0 aliphatic carbocycles. The molecule has 1 saturated heterocycles. The highest BCUT2D eigenvalue weighted by Gasteiger charge is 2.20. The molecule has 2 heterocycles. The summed E-state index contributed by atoms with van der Waals surface area (Å²) in [5.41, 5.74) is 1.09. The Morgan fingerprint density at radius 3 is 2.82 bits per heavy atom. The SMILES string of the molecule is Cc1ccsc1C(=O)N(C)CC1CCNCC1. The molecule has 0 radical (unpaired) electrons. The average molecular weight is 252 g/mol. The van der Waals surface area contributed by atoms with Gasteiger partial charge in [0, 0.05) is 13.6 Å². The highest BCUT2D eigenvalue weighted by atomic mass is 32.1. The number of thiophene rings is 1. The van der Waals surface area contributed by atoms with Crippen molar-refractivity contribution < 1.29 is 4.79 Å². The molecule has 4 heteroatoms. The van der Waals surface area contributed by atoms with Gasteiger partial charge >= 0.3 is 0 Å². The molecule has 2 rings (SSSR count). The Balaban J connectivity index is 1.93. The fourth-order valence-corrected chi connectivity index (χ4v) is 3.22. The van der Waals surface area contributed by atoms with Gasteiger partial charge in [0.2, 0.25) is 0 Å². The first kappa shape index (κ1) is 12.6. The molecule has 0 spiro atoms. The summed E-state index contributed by atoms with van der Waals surface area (Å²) < 4.78 is 0. The average Bonchev–Trinajstić information content (AvgIpc) is 2.76. The van der Waals surface area contributed by atoms with E-state index in [-0.39, 0.29) is 5.91 Å². The Labute approximate surface area is 107 Å². The molecule has 0 atom stereocenters. The summed E-state index contributed by atoms with van der Waals surface area (Å²) in [4.78, 5) is 15.0. The number of piperidine rings is 1. The van der Waals surface area contributed by atoms with Crippen molar-refractivity contribution in [1.82, 2.24) is 10.2 Å². The minimum absolute atomic E-state index is 0.177. The zero-order valence-corrected chi connectivity index (χ0v) is 11.3. The monoisotopic (exact) mass is 252 g/mol. The number of aryl methyl sites for hydroxylation is 1. The third-order valence-electron chi connectivity index (χ3n) is 3.39. The summed E-state index contributed by atoms with van der Waals surface area (Å²) in [5.74, 6) is 0.835. The van der Waals surface area contributed by atoms with Crippen LogP contribution in [0.25, 0.3) is 0 Å². The van der Waals surface area contributed by atoms with Crippen LogP contribution in [0.15, 0.2) is 11.4 Å². The van der Waals surface area contributed by atoms with Crippen LogP contribution in [0.2, 0.25) is 0 Å². The quantitative estimate of drug-likeness (QED) is 0.894. The van der Waals surface area contributed by atoms with Gasteiger partial charge in [0.25, 0.3) is 5.91 Å². The van der Waals surface area contributed by atoms with Crippen LogP contribution in [0.3, 0.4) is 0 Å². The molecule has 0 bridgehead atoms. The molecule has 1 aliphatic heterocycles. The van der Waals surface area contributed by atoms with E-state index in [4.69, 9.17) is 0 Å². The Morgan fingerprint density at radius 1 is 1.53 bits per heavy atom. The zero-order chi connectivity index (χ0) is 12.3. The van der Waals surface area contributed by atoms with E-state index in [1.165, 1.54) is 12.8 Å². The molecule has 94 valence electrons. The smallest absolute Gasteiger partial charge is 0.263 e. The van der Waals surface area contributed by atoms with Crippen molar-refractivity contribution in [3.8, 4) is 0 Å². The van der Waals surface area contributed by atoms with Crippen LogP contribution in [0.5, 0.6) is 0 Å². The van der Waals surface area contributed by atoms with Crippen LogP contribution in [0.4, 0.5) is 0 Å². The third-order valence-corrected chi connectivity index (χ3v) is 4.40. The number of hydrogen-bond acceptors (Lipinski definition) is 3. The van der Waals surface area contributed by atoms with Gasteiger partial charge in [-0.3, -0.25) is 4.79 Å². The first-order valence-corrected chi connectivity index (χ1v) is 7.06. The molecular weight excluding hydrogens is 232 g/mol. The van der Waals surface area contributed by atoms with E-state index in [2.05, 4.69) is 5.32 Å². The number of nitrogens with one attached hydrogen (secondary N) is 1. The number of amides is 1. The van der Waals surface area contributed by atoms with E-state index >= 15 is 0 Å². The molecule has 17 heavy (non-hydrogen) atoms. The maximum absolute atomic E-state index is 12.2. The molecule has 1 amide bonds. The molecular formula is C13H20N2OS. The van der Waals surface area contributed by atoms with Gasteiger partial charge in [-0.1, -0.05) is 0 Å². The lowest BCUT2D eigenvalue weighted by atomic mass is 9.97. The van der Waals surface area contributed by atoms with Crippen molar-refractivity contribution in [2.75, 3.05) is 26.7 Å². The van der Waals surface area contributed by atoms with Gasteiger partial charge in [0.1, 0.15) is 0 Å². The Hall–Kier alpha value is -0.870. The lowest BCUT2D eigenvalue weighted by Crippen LogP contribution is -2.37. The zero-order valence-electron chi connectivity index (χ0n) is 10.5. The van der Waals surface area contributed by atoms with Crippen LogP contribution < -0.4 is 5.32 Å².